The average Bonchev–Trinajstić information content (AvgIpc) is 2.64. The van der Waals surface area contributed by atoms with Crippen molar-refractivity contribution < 1.29 is 19.1 Å². The number of carbonyl (C=O) groups excluding carboxylic acids is 2. The van der Waals surface area contributed by atoms with E-state index in [-0.39, 0.29) is 31.1 Å². The number of nitrogens with one attached hydrogen (secondary N) is 1. The number of ether oxygens (including phenoxy) is 2. The lowest BCUT2D eigenvalue weighted by molar-refractivity contribution is -0.126. The highest BCUT2D eigenvalue weighted by atomic mass is 16.5. The Hall–Kier alpha value is -2.82. The maximum atomic E-state index is 11.8. The Balaban J connectivity index is 1.64. The average molecular weight is 327 g/mol. The van der Waals surface area contributed by atoms with Gasteiger partial charge in [0.15, 0.2) is 5.78 Å². The lowest BCUT2D eigenvalue weighted by Crippen LogP contribution is -2.24. The summed E-state index contributed by atoms with van der Waals surface area (Å²) in [6.07, 6.45) is 0.328. The summed E-state index contributed by atoms with van der Waals surface area (Å²) in [5.41, 5.74) is 0.975. The van der Waals surface area contributed by atoms with Gasteiger partial charge in [0, 0.05) is 19.4 Å². The van der Waals surface area contributed by atoms with Gasteiger partial charge in [-0.2, -0.15) is 0 Å². The zero-order valence-electron chi connectivity index (χ0n) is 13.7. The summed E-state index contributed by atoms with van der Waals surface area (Å²) in [5.74, 6) is 1.17. The van der Waals surface area contributed by atoms with Gasteiger partial charge in [-0.3, -0.25) is 9.59 Å². The molecule has 5 nitrogen and oxygen atoms in total. The van der Waals surface area contributed by atoms with Gasteiger partial charge >= 0.3 is 0 Å². The van der Waals surface area contributed by atoms with Gasteiger partial charge < -0.3 is 14.8 Å². The molecular weight excluding hydrogens is 306 g/mol. The van der Waals surface area contributed by atoms with Crippen molar-refractivity contribution in [1.29, 1.82) is 0 Å². The van der Waals surface area contributed by atoms with Gasteiger partial charge in [-0.05, 0) is 29.8 Å². The summed E-state index contributed by atoms with van der Waals surface area (Å²) < 4.78 is 10.4. The Bertz CT molecular complexity index is 653. The van der Waals surface area contributed by atoms with E-state index >= 15 is 0 Å². The van der Waals surface area contributed by atoms with Gasteiger partial charge in [0.25, 0.3) is 0 Å². The fraction of sp³-hybridized carbons (Fsp3) is 0.263. The van der Waals surface area contributed by atoms with Gasteiger partial charge in [0.2, 0.25) is 5.91 Å². The van der Waals surface area contributed by atoms with Crippen molar-refractivity contribution in [3.63, 3.8) is 0 Å². The molecule has 1 amide bonds. The van der Waals surface area contributed by atoms with E-state index in [1.165, 1.54) is 0 Å². The zero-order chi connectivity index (χ0) is 17.2. The van der Waals surface area contributed by atoms with Crippen LogP contribution in [0.15, 0.2) is 54.6 Å². The third kappa shape index (κ3) is 6.12. The molecule has 0 bridgehead atoms. The molecule has 1 N–H and O–H groups in total. The molecule has 2 aromatic rings. The maximum absolute atomic E-state index is 11.8. The molecule has 0 aliphatic heterocycles. The van der Waals surface area contributed by atoms with Crippen molar-refractivity contribution in [2.45, 2.75) is 19.4 Å². The summed E-state index contributed by atoms with van der Waals surface area (Å²) in [6, 6.07) is 16.6. The predicted molar refractivity (Wildman–Crippen MR) is 91.0 cm³/mol. The zero-order valence-corrected chi connectivity index (χ0v) is 13.7. The van der Waals surface area contributed by atoms with Crippen LogP contribution in [0.5, 0.6) is 11.5 Å². The molecule has 24 heavy (non-hydrogen) atoms. The minimum Gasteiger partial charge on any atom is -0.497 e. The molecule has 0 atom stereocenters. The molecule has 0 radical (unpaired) electrons. The fourth-order valence-corrected chi connectivity index (χ4v) is 2.04. The number of benzene rings is 2. The Kier molecular flexibility index (Phi) is 6.83. The Morgan fingerprint density at radius 1 is 0.917 bits per heavy atom. The summed E-state index contributed by atoms with van der Waals surface area (Å²) in [7, 11) is 1.61. The highest BCUT2D eigenvalue weighted by molar-refractivity contribution is 5.85. The second-order valence-corrected chi connectivity index (χ2v) is 5.27. The Morgan fingerprint density at radius 2 is 1.62 bits per heavy atom. The van der Waals surface area contributed by atoms with Crippen LogP contribution in [0.2, 0.25) is 0 Å². The van der Waals surface area contributed by atoms with E-state index in [0.29, 0.717) is 12.3 Å². The van der Waals surface area contributed by atoms with Crippen LogP contribution in [0.1, 0.15) is 18.4 Å². The van der Waals surface area contributed by atoms with Gasteiger partial charge in [0.1, 0.15) is 18.1 Å². The monoisotopic (exact) mass is 327 g/mol. The Labute approximate surface area is 141 Å². The summed E-state index contributed by atoms with van der Waals surface area (Å²) in [6.45, 7) is 0.410. The first-order chi connectivity index (χ1) is 11.7. The third-order valence-electron chi connectivity index (χ3n) is 3.42. The van der Waals surface area contributed by atoms with Crippen molar-refractivity contribution in [2.24, 2.45) is 0 Å². The standard InChI is InChI=1S/C19H21NO4/c1-23-17-10-7-15(8-11-17)13-20-19(22)12-9-16(21)14-24-18-5-3-2-4-6-18/h2-8,10-11H,9,12-14H2,1H3,(H,20,22). The molecule has 0 spiro atoms. The first-order valence-corrected chi connectivity index (χ1v) is 7.76. The fourth-order valence-electron chi connectivity index (χ4n) is 2.04. The number of para-hydroxylation sites is 1. The first-order valence-electron chi connectivity index (χ1n) is 7.76. The molecule has 0 fully saturated rings. The number of hydrogen-bond acceptors (Lipinski definition) is 4. The van der Waals surface area contributed by atoms with Gasteiger partial charge in [-0.1, -0.05) is 30.3 Å². The van der Waals surface area contributed by atoms with Crippen LogP contribution >= 0.6 is 0 Å². The van der Waals surface area contributed by atoms with Gasteiger partial charge in [0.05, 0.1) is 7.11 Å². The minimum atomic E-state index is -0.154. The molecule has 0 saturated carbocycles. The number of ketones is 1. The van der Waals surface area contributed by atoms with Crippen LogP contribution in [0.25, 0.3) is 0 Å². The maximum Gasteiger partial charge on any atom is 0.220 e. The van der Waals surface area contributed by atoms with Crippen LogP contribution in [0.3, 0.4) is 0 Å². The molecule has 2 aromatic carbocycles. The molecule has 2 rings (SSSR count). The van der Waals surface area contributed by atoms with Crippen LogP contribution in [-0.2, 0) is 16.1 Å². The molecule has 0 aromatic heterocycles. The quantitative estimate of drug-likeness (QED) is 0.769. The van der Waals surface area contributed by atoms with Gasteiger partial charge in [-0.15, -0.1) is 0 Å². The van der Waals surface area contributed by atoms with Crippen LogP contribution in [0, 0.1) is 0 Å². The minimum absolute atomic E-state index is 0.0181. The summed E-state index contributed by atoms with van der Waals surface area (Å²) in [5, 5.41) is 2.79. The summed E-state index contributed by atoms with van der Waals surface area (Å²) >= 11 is 0. The molecule has 0 saturated heterocycles. The van der Waals surface area contributed by atoms with E-state index in [0.717, 1.165) is 11.3 Å². The van der Waals surface area contributed by atoms with Crippen molar-refractivity contribution in [1.82, 2.24) is 5.32 Å². The van der Waals surface area contributed by atoms with E-state index in [9.17, 15) is 9.59 Å². The Morgan fingerprint density at radius 3 is 2.29 bits per heavy atom. The number of methoxy groups -OCH3 is 1. The van der Waals surface area contributed by atoms with Gasteiger partial charge in [-0.25, -0.2) is 0 Å². The molecule has 5 heteroatoms. The van der Waals surface area contributed by atoms with E-state index in [1.54, 1.807) is 19.2 Å². The smallest absolute Gasteiger partial charge is 0.220 e. The number of carbonyl (C=O) groups is 2. The van der Waals surface area contributed by atoms with E-state index in [2.05, 4.69) is 5.32 Å². The topological polar surface area (TPSA) is 64.6 Å². The lowest BCUT2D eigenvalue weighted by Gasteiger charge is -2.07. The highest BCUT2D eigenvalue weighted by Gasteiger charge is 2.08. The molecule has 0 aliphatic carbocycles. The molecule has 0 heterocycles. The lowest BCUT2D eigenvalue weighted by atomic mass is 10.2. The predicted octanol–water partition coefficient (Wildman–Crippen LogP) is 2.74. The van der Waals surface area contributed by atoms with Crippen LogP contribution in [0.4, 0.5) is 0 Å². The highest BCUT2D eigenvalue weighted by Crippen LogP contribution is 2.11. The second kappa shape index (κ2) is 9.35. The number of amides is 1. The number of Topliss-reactive ketones (excluding diaryl/α,β-unsaturated/α-hetero) is 1. The van der Waals surface area contributed by atoms with Crippen molar-refractivity contribution in [3.8, 4) is 11.5 Å². The van der Waals surface area contributed by atoms with Crippen LogP contribution in [-0.4, -0.2) is 25.4 Å². The SMILES string of the molecule is COc1ccc(CNC(=O)CCC(=O)COc2ccccc2)cc1. The third-order valence-corrected chi connectivity index (χ3v) is 3.42. The summed E-state index contributed by atoms with van der Waals surface area (Å²) in [4.78, 5) is 23.5. The normalized spacial score (nSPS) is 10.0. The molecule has 0 aliphatic rings. The van der Waals surface area contributed by atoms with Crippen molar-refractivity contribution in [2.75, 3.05) is 13.7 Å². The largest absolute Gasteiger partial charge is 0.497 e. The van der Waals surface area contributed by atoms with Crippen molar-refractivity contribution in [3.05, 3.63) is 60.2 Å². The molecule has 126 valence electrons. The van der Waals surface area contributed by atoms with E-state index in [1.807, 2.05) is 42.5 Å². The van der Waals surface area contributed by atoms with Crippen LogP contribution < -0.4 is 14.8 Å². The first kappa shape index (κ1) is 17.5. The second-order valence-electron chi connectivity index (χ2n) is 5.27. The number of rotatable bonds is 9. The van der Waals surface area contributed by atoms with Crippen molar-refractivity contribution >= 4 is 11.7 Å². The number of hydrogen-bond donors (Lipinski definition) is 1. The molecular formula is C19H21NO4. The molecule has 0 unspecified atom stereocenters. The van der Waals surface area contributed by atoms with E-state index < -0.39 is 0 Å². The van der Waals surface area contributed by atoms with E-state index in [4.69, 9.17) is 9.47 Å².